The normalized spacial score (nSPS) is 11.3. The van der Waals surface area contributed by atoms with Gasteiger partial charge in [0.2, 0.25) is 15.9 Å². The highest BCUT2D eigenvalue weighted by molar-refractivity contribution is 7.89. The van der Waals surface area contributed by atoms with Crippen LogP contribution in [0, 0.1) is 6.92 Å². The Bertz CT molecular complexity index is 505. The highest BCUT2D eigenvalue weighted by atomic mass is 32.2. The van der Waals surface area contributed by atoms with Crippen LogP contribution in [-0.2, 0) is 10.0 Å². The summed E-state index contributed by atoms with van der Waals surface area (Å²) in [6.07, 6.45) is 1.39. The largest absolute Gasteiger partial charge is 0.478 e. The van der Waals surface area contributed by atoms with Gasteiger partial charge in [-0.15, -0.1) is 0 Å². The van der Waals surface area contributed by atoms with E-state index in [1.165, 1.54) is 6.33 Å². The standard InChI is InChI=1S/C11H20N4O3S/c1-4-15-19(16,17)7-6-12-10-9(3)11(18-5-2)14-8-13-10/h8,15H,4-7H2,1-3H3,(H,12,13,14). The molecule has 0 aliphatic heterocycles. The van der Waals surface area contributed by atoms with Crippen molar-refractivity contribution in [2.75, 3.05) is 30.8 Å². The lowest BCUT2D eigenvalue weighted by molar-refractivity contribution is 0.324. The molecule has 1 rings (SSSR count). The predicted molar refractivity (Wildman–Crippen MR) is 73.9 cm³/mol. The summed E-state index contributed by atoms with van der Waals surface area (Å²) in [6.45, 7) is 6.63. The fourth-order valence-corrected chi connectivity index (χ4v) is 2.45. The molecule has 108 valence electrons. The maximum Gasteiger partial charge on any atom is 0.221 e. The Morgan fingerprint density at radius 3 is 2.68 bits per heavy atom. The van der Waals surface area contributed by atoms with Gasteiger partial charge in [0, 0.05) is 13.1 Å². The lowest BCUT2D eigenvalue weighted by Crippen LogP contribution is -2.29. The molecule has 2 N–H and O–H groups in total. The van der Waals surface area contributed by atoms with Gasteiger partial charge in [-0.1, -0.05) is 6.92 Å². The molecule has 0 saturated carbocycles. The van der Waals surface area contributed by atoms with Gasteiger partial charge in [-0.3, -0.25) is 0 Å². The van der Waals surface area contributed by atoms with E-state index in [0.29, 0.717) is 24.8 Å². The smallest absolute Gasteiger partial charge is 0.221 e. The molecule has 0 amide bonds. The van der Waals surface area contributed by atoms with Crippen LogP contribution < -0.4 is 14.8 Å². The molecule has 0 aliphatic rings. The van der Waals surface area contributed by atoms with Gasteiger partial charge >= 0.3 is 0 Å². The number of ether oxygens (including phenoxy) is 1. The predicted octanol–water partition coefficient (Wildman–Crippen LogP) is 0.535. The molecule has 0 aliphatic carbocycles. The fraction of sp³-hybridized carbons (Fsp3) is 0.636. The summed E-state index contributed by atoms with van der Waals surface area (Å²) in [7, 11) is -3.22. The molecule has 0 saturated heterocycles. The Balaban J connectivity index is 2.61. The number of rotatable bonds is 8. The minimum Gasteiger partial charge on any atom is -0.478 e. The monoisotopic (exact) mass is 288 g/mol. The first-order chi connectivity index (χ1) is 9.00. The first-order valence-corrected chi connectivity index (χ1v) is 7.81. The first-order valence-electron chi connectivity index (χ1n) is 6.15. The van der Waals surface area contributed by atoms with E-state index in [-0.39, 0.29) is 12.3 Å². The molecule has 0 atom stereocenters. The zero-order chi connectivity index (χ0) is 14.3. The maximum atomic E-state index is 11.5. The highest BCUT2D eigenvalue weighted by Crippen LogP contribution is 2.19. The SMILES string of the molecule is CCNS(=O)(=O)CCNc1ncnc(OCC)c1C. The molecule has 0 spiro atoms. The van der Waals surface area contributed by atoms with Crippen LogP contribution >= 0.6 is 0 Å². The molecule has 0 aromatic carbocycles. The van der Waals surface area contributed by atoms with Gasteiger partial charge in [0.15, 0.2) is 0 Å². The van der Waals surface area contributed by atoms with Crippen LogP contribution in [0.3, 0.4) is 0 Å². The van der Waals surface area contributed by atoms with Crippen LogP contribution in [0.4, 0.5) is 5.82 Å². The topological polar surface area (TPSA) is 93.2 Å². The molecule has 0 fully saturated rings. The molecule has 0 radical (unpaired) electrons. The molecule has 7 nitrogen and oxygen atoms in total. The van der Waals surface area contributed by atoms with E-state index < -0.39 is 10.0 Å². The molecule has 1 aromatic rings. The summed E-state index contributed by atoms with van der Waals surface area (Å²) >= 11 is 0. The van der Waals surface area contributed by atoms with Gasteiger partial charge in [0.1, 0.15) is 12.1 Å². The third-order valence-corrected chi connectivity index (χ3v) is 3.82. The number of aromatic nitrogens is 2. The van der Waals surface area contributed by atoms with Crippen LogP contribution in [0.2, 0.25) is 0 Å². The minimum atomic E-state index is -3.22. The van der Waals surface area contributed by atoms with Crippen molar-refractivity contribution in [1.82, 2.24) is 14.7 Å². The molecule has 0 unspecified atom stereocenters. The van der Waals surface area contributed by atoms with Crippen LogP contribution in [0.25, 0.3) is 0 Å². The maximum absolute atomic E-state index is 11.5. The highest BCUT2D eigenvalue weighted by Gasteiger charge is 2.10. The number of hydrogen-bond acceptors (Lipinski definition) is 6. The number of sulfonamides is 1. The van der Waals surface area contributed by atoms with Crippen LogP contribution in [-0.4, -0.2) is 43.8 Å². The van der Waals surface area contributed by atoms with Gasteiger partial charge in [0.05, 0.1) is 17.9 Å². The second-order valence-corrected chi connectivity index (χ2v) is 5.76. The zero-order valence-corrected chi connectivity index (χ0v) is 12.2. The molecule has 0 bridgehead atoms. The fourth-order valence-electron chi connectivity index (χ4n) is 1.49. The van der Waals surface area contributed by atoms with E-state index in [1.54, 1.807) is 6.92 Å². The lowest BCUT2D eigenvalue weighted by atomic mass is 10.3. The van der Waals surface area contributed by atoms with Crippen molar-refractivity contribution in [1.29, 1.82) is 0 Å². The summed E-state index contributed by atoms with van der Waals surface area (Å²) in [5, 5.41) is 2.98. The van der Waals surface area contributed by atoms with E-state index >= 15 is 0 Å². The molecular formula is C11H20N4O3S. The summed E-state index contributed by atoms with van der Waals surface area (Å²) in [5.41, 5.74) is 0.769. The van der Waals surface area contributed by atoms with E-state index in [0.717, 1.165) is 5.56 Å². The van der Waals surface area contributed by atoms with Crippen molar-refractivity contribution in [3.8, 4) is 5.88 Å². The first kappa shape index (κ1) is 15.6. The third-order valence-electron chi connectivity index (χ3n) is 2.35. The van der Waals surface area contributed by atoms with Gasteiger partial charge in [-0.2, -0.15) is 0 Å². The molecular weight excluding hydrogens is 268 g/mol. The molecule has 19 heavy (non-hydrogen) atoms. The van der Waals surface area contributed by atoms with Gasteiger partial charge < -0.3 is 10.1 Å². The summed E-state index contributed by atoms with van der Waals surface area (Å²) in [5.74, 6) is 1.09. The van der Waals surface area contributed by atoms with Crippen molar-refractivity contribution < 1.29 is 13.2 Å². The second kappa shape index (κ2) is 7.25. The summed E-state index contributed by atoms with van der Waals surface area (Å²) < 4.78 is 30.7. The number of anilines is 1. The van der Waals surface area contributed by atoms with Crippen LogP contribution in [0.5, 0.6) is 5.88 Å². The molecule has 8 heteroatoms. The lowest BCUT2D eigenvalue weighted by Gasteiger charge is -2.11. The van der Waals surface area contributed by atoms with Crippen molar-refractivity contribution >= 4 is 15.8 Å². The van der Waals surface area contributed by atoms with Crippen LogP contribution in [0.15, 0.2) is 6.33 Å². The average Bonchev–Trinajstić information content (AvgIpc) is 2.34. The van der Waals surface area contributed by atoms with Crippen molar-refractivity contribution in [3.63, 3.8) is 0 Å². The van der Waals surface area contributed by atoms with E-state index in [1.807, 2.05) is 13.8 Å². The number of nitrogens with one attached hydrogen (secondary N) is 2. The minimum absolute atomic E-state index is 0.00570. The van der Waals surface area contributed by atoms with Crippen molar-refractivity contribution in [3.05, 3.63) is 11.9 Å². The van der Waals surface area contributed by atoms with Crippen molar-refractivity contribution in [2.45, 2.75) is 20.8 Å². The van der Waals surface area contributed by atoms with E-state index in [4.69, 9.17) is 4.74 Å². The average molecular weight is 288 g/mol. The van der Waals surface area contributed by atoms with Gasteiger partial charge in [-0.25, -0.2) is 23.1 Å². The Hall–Kier alpha value is -1.41. The van der Waals surface area contributed by atoms with Crippen LogP contribution in [0.1, 0.15) is 19.4 Å². The number of nitrogens with zero attached hydrogens (tertiary/aromatic N) is 2. The number of hydrogen-bond donors (Lipinski definition) is 2. The van der Waals surface area contributed by atoms with E-state index in [2.05, 4.69) is 20.0 Å². The Morgan fingerprint density at radius 1 is 1.32 bits per heavy atom. The van der Waals surface area contributed by atoms with Gasteiger partial charge in [-0.05, 0) is 13.8 Å². The molecule has 1 aromatic heterocycles. The Morgan fingerprint density at radius 2 is 2.05 bits per heavy atom. The second-order valence-electron chi connectivity index (χ2n) is 3.83. The Kier molecular flexibility index (Phi) is 5.97. The van der Waals surface area contributed by atoms with Gasteiger partial charge in [0.25, 0.3) is 0 Å². The van der Waals surface area contributed by atoms with E-state index in [9.17, 15) is 8.42 Å². The summed E-state index contributed by atoms with van der Waals surface area (Å²) in [4.78, 5) is 8.08. The zero-order valence-electron chi connectivity index (χ0n) is 11.4. The van der Waals surface area contributed by atoms with Crippen molar-refractivity contribution in [2.24, 2.45) is 0 Å². The Labute approximate surface area is 113 Å². The molecule has 1 heterocycles. The third kappa shape index (κ3) is 4.99. The quantitative estimate of drug-likeness (QED) is 0.725. The summed E-state index contributed by atoms with van der Waals surface area (Å²) in [6, 6.07) is 0.